The standard InChI is InChI=1S/C15H11Cl3FNO/c16-8-1-2-12(19)14(7-8)20-13-3-4-21-15-10(13)5-9(17)6-11(15)18/h1-2,5-7,13,20H,3-4H2. The summed E-state index contributed by atoms with van der Waals surface area (Å²) < 4.78 is 19.4. The minimum absolute atomic E-state index is 0.141. The van der Waals surface area contributed by atoms with Gasteiger partial charge >= 0.3 is 0 Å². The molecule has 0 saturated carbocycles. The minimum atomic E-state index is -0.361. The van der Waals surface area contributed by atoms with Crippen molar-refractivity contribution in [1.82, 2.24) is 0 Å². The first-order valence-corrected chi connectivity index (χ1v) is 7.51. The molecule has 0 fully saturated rings. The zero-order chi connectivity index (χ0) is 15.0. The summed E-state index contributed by atoms with van der Waals surface area (Å²) in [6.07, 6.45) is 0.676. The number of rotatable bonds is 2. The Balaban J connectivity index is 1.97. The average molecular weight is 347 g/mol. The van der Waals surface area contributed by atoms with Crippen LogP contribution in [0, 0.1) is 5.82 Å². The van der Waals surface area contributed by atoms with Gasteiger partial charge in [0.15, 0.2) is 0 Å². The molecule has 0 bridgehead atoms. The second-order valence-electron chi connectivity index (χ2n) is 4.76. The van der Waals surface area contributed by atoms with E-state index in [1.54, 1.807) is 18.2 Å². The monoisotopic (exact) mass is 345 g/mol. The predicted molar refractivity (Wildman–Crippen MR) is 84.3 cm³/mol. The highest BCUT2D eigenvalue weighted by Crippen LogP contribution is 2.41. The molecule has 2 nitrogen and oxygen atoms in total. The Morgan fingerprint density at radius 3 is 2.71 bits per heavy atom. The van der Waals surface area contributed by atoms with E-state index in [-0.39, 0.29) is 11.9 Å². The summed E-state index contributed by atoms with van der Waals surface area (Å²) in [6.45, 7) is 0.494. The first-order chi connectivity index (χ1) is 10.0. The van der Waals surface area contributed by atoms with Crippen LogP contribution in [0.2, 0.25) is 15.1 Å². The van der Waals surface area contributed by atoms with Gasteiger partial charge in [-0.05, 0) is 30.3 Å². The van der Waals surface area contributed by atoms with Crippen molar-refractivity contribution in [3.63, 3.8) is 0 Å². The van der Waals surface area contributed by atoms with Crippen molar-refractivity contribution in [2.75, 3.05) is 11.9 Å². The molecular formula is C15H11Cl3FNO. The van der Waals surface area contributed by atoms with E-state index in [4.69, 9.17) is 39.5 Å². The van der Waals surface area contributed by atoms with Crippen molar-refractivity contribution in [2.45, 2.75) is 12.5 Å². The molecule has 0 amide bonds. The maximum absolute atomic E-state index is 13.9. The van der Waals surface area contributed by atoms with Crippen LogP contribution in [0.25, 0.3) is 0 Å². The molecule has 0 aliphatic carbocycles. The summed E-state index contributed by atoms with van der Waals surface area (Å²) in [5.74, 6) is 0.229. The Bertz CT molecular complexity index is 693. The van der Waals surface area contributed by atoms with Crippen molar-refractivity contribution >= 4 is 40.5 Å². The minimum Gasteiger partial charge on any atom is -0.492 e. The average Bonchev–Trinajstić information content (AvgIpc) is 2.43. The van der Waals surface area contributed by atoms with Gasteiger partial charge in [0.2, 0.25) is 0 Å². The van der Waals surface area contributed by atoms with Gasteiger partial charge in [-0.3, -0.25) is 0 Å². The molecule has 110 valence electrons. The summed E-state index contributed by atoms with van der Waals surface area (Å²) in [5, 5.41) is 4.58. The highest BCUT2D eigenvalue weighted by atomic mass is 35.5. The van der Waals surface area contributed by atoms with Gasteiger partial charge in [-0.2, -0.15) is 0 Å². The van der Waals surface area contributed by atoms with Crippen molar-refractivity contribution in [2.24, 2.45) is 0 Å². The van der Waals surface area contributed by atoms with Crippen LogP contribution in [0.15, 0.2) is 30.3 Å². The molecule has 0 saturated heterocycles. The zero-order valence-corrected chi connectivity index (χ0v) is 13.1. The van der Waals surface area contributed by atoms with Gasteiger partial charge in [-0.25, -0.2) is 4.39 Å². The lowest BCUT2D eigenvalue weighted by molar-refractivity contribution is 0.274. The van der Waals surface area contributed by atoms with Crippen LogP contribution < -0.4 is 10.1 Å². The van der Waals surface area contributed by atoms with Crippen molar-refractivity contribution < 1.29 is 9.13 Å². The van der Waals surface area contributed by atoms with E-state index in [9.17, 15) is 4.39 Å². The number of hydrogen-bond acceptors (Lipinski definition) is 2. The topological polar surface area (TPSA) is 21.3 Å². The van der Waals surface area contributed by atoms with E-state index in [0.29, 0.717) is 39.5 Å². The van der Waals surface area contributed by atoms with E-state index >= 15 is 0 Å². The summed E-state index contributed by atoms with van der Waals surface area (Å²) in [4.78, 5) is 0. The maximum atomic E-state index is 13.9. The van der Waals surface area contributed by atoms with Crippen LogP contribution in [0.1, 0.15) is 18.0 Å². The number of anilines is 1. The third-order valence-electron chi connectivity index (χ3n) is 3.32. The predicted octanol–water partition coefficient (Wildman–Crippen LogP) is 5.72. The highest BCUT2D eigenvalue weighted by molar-refractivity contribution is 6.35. The normalized spacial score (nSPS) is 17.0. The molecule has 6 heteroatoms. The number of nitrogens with one attached hydrogen (secondary N) is 1. The molecule has 2 aromatic carbocycles. The van der Waals surface area contributed by atoms with Gasteiger partial charge < -0.3 is 10.1 Å². The molecule has 1 aliphatic rings. The van der Waals surface area contributed by atoms with Crippen LogP contribution >= 0.6 is 34.8 Å². The van der Waals surface area contributed by atoms with Crippen LogP contribution in [-0.4, -0.2) is 6.61 Å². The Morgan fingerprint density at radius 2 is 1.90 bits per heavy atom. The number of halogens is 4. The second kappa shape index (κ2) is 5.91. The van der Waals surface area contributed by atoms with Crippen molar-refractivity contribution in [3.8, 4) is 5.75 Å². The largest absolute Gasteiger partial charge is 0.492 e. The lowest BCUT2D eigenvalue weighted by atomic mass is 10.00. The number of hydrogen-bond donors (Lipinski definition) is 1. The molecule has 2 aromatic rings. The van der Waals surface area contributed by atoms with E-state index in [2.05, 4.69) is 5.32 Å². The molecule has 1 aliphatic heterocycles. The summed E-state index contributed by atoms with van der Waals surface area (Å²) >= 11 is 18.1. The SMILES string of the molecule is Fc1ccc(Cl)cc1NC1CCOc2c(Cl)cc(Cl)cc21. The maximum Gasteiger partial charge on any atom is 0.146 e. The molecule has 0 aromatic heterocycles. The molecule has 1 N–H and O–H groups in total. The van der Waals surface area contributed by atoms with Gasteiger partial charge in [-0.1, -0.05) is 34.8 Å². The van der Waals surface area contributed by atoms with Crippen LogP contribution in [-0.2, 0) is 0 Å². The molecule has 21 heavy (non-hydrogen) atoms. The number of fused-ring (bicyclic) bond motifs is 1. The molecule has 3 rings (SSSR count). The fraction of sp³-hybridized carbons (Fsp3) is 0.200. The fourth-order valence-corrected chi connectivity index (χ4v) is 3.11. The number of benzene rings is 2. The summed E-state index contributed by atoms with van der Waals surface area (Å²) in [6, 6.07) is 7.66. The molecular weight excluding hydrogens is 336 g/mol. The highest BCUT2D eigenvalue weighted by Gasteiger charge is 2.25. The van der Waals surface area contributed by atoms with Gasteiger partial charge in [0.1, 0.15) is 11.6 Å². The molecule has 1 unspecified atom stereocenters. The quantitative estimate of drug-likeness (QED) is 0.750. The molecule has 0 spiro atoms. The van der Waals surface area contributed by atoms with Crippen LogP contribution in [0.3, 0.4) is 0 Å². The van der Waals surface area contributed by atoms with E-state index in [1.165, 1.54) is 12.1 Å². The van der Waals surface area contributed by atoms with E-state index in [0.717, 1.165) is 5.56 Å². The van der Waals surface area contributed by atoms with Crippen molar-refractivity contribution in [3.05, 3.63) is 56.8 Å². The zero-order valence-electron chi connectivity index (χ0n) is 10.8. The Morgan fingerprint density at radius 1 is 1.10 bits per heavy atom. The number of ether oxygens (including phenoxy) is 1. The fourth-order valence-electron chi connectivity index (χ4n) is 2.37. The van der Waals surface area contributed by atoms with Crippen molar-refractivity contribution in [1.29, 1.82) is 0 Å². The third-order valence-corrected chi connectivity index (χ3v) is 4.06. The van der Waals surface area contributed by atoms with E-state index in [1.807, 2.05) is 0 Å². The smallest absolute Gasteiger partial charge is 0.146 e. The second-order valence-corrected chi connectivity index (χ2v) is 6.04. The molecule has 0 radical (unpaired) electrons. The molecule has 1 atom stereocenters. The van der Waals surface area contributed by atoms with Crippen LogP contribution in [0.4, 0.5) is 10.1 Å². The summed E-state index contributed by atoms with van der Waals surface area (Å²) in [5.41, 5.74) is 1.16. The lowest BCUT2D eigenvalue weighted by Gasteiger charge is -2.28. The van der Waals surface area contributed by atoms with E-state index < -0.39 is 0 Å². The first kappa shape index (κ1) is 14.8. The lowest BCUT2D eigenvalue weighted by Crippen LogP contribution is -2.21. The third kappa shape index (κ3) is 3.05. The Kier molecular flexibility index (Phi) is 4.16. The Hall–Kier alpha value is -1.16. The molecule has 1 heterocycles. The van der Waals surface area contributed by atoms with Crippen LogP contribution in [0.5, 0.6) is 5.75 Å². The van der Waals surface area contributed by atoms with Gasteiger partial charge in [-0.15, -0.1) is 0 Å². The first-order valence-electron chi connectivity index (χ1n) is 6.38. The summed E-state index contributed by atoms with van der Waals surface area (Å²) in [7, 11) is 0. The van der Waals surface area contributed by atoms with Gasteiger partial charge in [0.05, 0.1) is 23.4 Å². The van der Waals surface area contributed by atoms with Gasteiger partial charge in [0, 0.05) is 22.0 Å². The van der Waals surface area contributed by atoms with Gasteiger partial charge in [0.25, 0.3) is 0 Å². The Labute approximate surface area is 136 Å².